The van der Waals surface area contributed by atoms with Gasteiger partial charge in [-0.3, -0.25) is 0 Å². The normalized spacial score (nSPS) is 11.3. The van der Waals surface area contributed by atoms with Gasteiger partial charge in [-0.15, -0.1) is 0 Å². The molecule has 0 amide bonds. The molecule has 0 unspecified atom stereocenters. The van der Waals surface area contributed by atoms with Crippen LogP contribution < -0.4 is 0 Å². The predicted octanol–water partition coefficient (Wildman–Crippen LogP) is 3.81. The zero-order valence-corrected chi connectivity index (χ0v) is 13.5. The Morgan fingerprint density at radius 2 is 1.87 bits per heavy atom. The molecule has 0 bridgehead atoms. The summed E-state index contributed by atoms with van der Waals surface area (Å²) < 4.78 is 5.19. The third-order valence-electron chi connectivity index (χ3n) is 3.70. The number of oxime groups is 1. The number of ether oxygens (including phenoxy) is 1. The van der Waals surface area contributed by atoms with E-state index in [1.54, 1.807) is 0 Å². The van der Waals surface area contributed by atoms with E-state index >= 15 is 0 Å². The molecule has 2 rings (SSSR count). The second-order valence-electron chi connectivity index (χ2n) is 5.54. The van der Waals surface area contributed by atoms with Crippen LogP contribution in [0.5, 0.6) is 0 Å². The molecule has 0 heterocycles. The van der Waals surface area contributed by atoms with Crippen LogP contribution in [-0.4, -0.2) is 16.9 Å². The van der Waals surface area contributed by atoms with Gasteiger partial charge in [0.25, 0.3) is 0 Å². The molecule has 0 aliphatic rings. The van der Waals surface area contributed by atoms with Crippen molar-refractivity contribution in [3.63, 3.8) is 0 Å². The lowest BCUT2D eigenvalue weighted by atomic mass is 10.0. The molecule has 4 nitrogen and oxygen atoms in total. The van der Waals surface area contributed by atoms with E-state index in [-0.39, 0.29) is 12.3 Å². The molecular weight excluding hydrogens is 290 g/mol. The Labute approximate surface area is 136 Å². The van der Waals surface area contributed by atoms with Gasteiger partial charge in [-0.1, -0.05) is 59.3 Å². The highest BCUT2D eigenvalue weighted by molar-refractivity contribution is 6.36. The number of nitrogens with zero attached hydrogens (tertiary/aromatic N) is 1. The fourth-order valence-electron chi connectivity index (χ4n) is 2.38. The molecule has 4 heteroatoms. The van der Waals surface area contributed by atoms with Crippen LogP contribution in [0.4, 0.5) is 0 Å². The third-order valence-corrected chi connectivity index (χ3v) is 3.70. The van der Waals surface area contributed by atoms with Gasteiger partial charge >= 0.3 is 5.97 Å². The largest absolute Gasteiger partial charge is 0.456 e. The Morgan fingerprint density at radius 3 is 2.52 bits per heavy atom. The Kier molecular flexibility index (Phi) is 5.92. The smallest absolute Gasteiger partial charge is 0.356 e. The average Bonchev–Trinajstić information content (AvgIpc) is 2.56. The molecule has 0 saturated carbocycles. The van der Waals surface area contributed by atoms with Gasteiger partial charge in [0.2, 0.25) is 0 Å². The van der Waals surface area contributed by atoms with E-state index in [0.717, 1.165) is 11.1 Å². The van der Waals surface area contributed by atoms with Gasteiger partial charge < -0.3 is 9.94 Å². The lowest BCUT2D eigenvalue weighted by Crippen LogP contribution is -2.18. The molecule has 0 spiro atoms. The van der Waals surface area contributed by atoms with Crippen LogP contribution in [0.3, 0.4) is 0 Å². The van der Waals surface area contributed by atoms with E-state index < -0.39 is 5.97 Å². The molecule has 0 fully saturated rings. The van der Waals surface area contributed by atoms with E-state index in [0.29, 0.717) is 12.8 Å². The second-order valence-corrected chi connectivity index (χ2v) is 5.54. The first-order valence-electron chi connectivity index (χ1n) is 7.58. The molecule has 0 atom stereocenters. The summed E-state index contributed by atoms with van der Waals surface area (Å²) in [6.07, 6.45) is 0.972. The average molecular weight is 311 g/mol. The van der Waals surface area contributed by atoms with Crippen molar-refractivity contribution in [2.45, 2.75) is 33.3 Å². The van der Waals surface area contributed by atoms with Crippen molar-refractivity contribution in [1.29, 1.82) is 0 Å². The topological polar surface area (TPSA) is 58.9 Å². The predicted molar refractivity (Wildman–Crippen MR) is 89.7 cm³/mol. The van der Waals surface area contributed by atoms with Crippen molar-refractivity contribution in [3.05, 3.63) is 70.8 Å². The summed E-state index contributed by atoms with van der Waals surface area (Å²) in [6, 6.07) is 15.6. The van der Waals surface area contributed by atoms with E-state index in [1.807, 2.05) is 56.3 Å². The fraction of sp³-hybridized carbons (Fsp3) is 0.263. The van der Waals surface area contributed by atoms with Crippen molar-refractivity contribution in [1.82, 2.24) is 0 Å². The lowest BCUT2D eigenvalue weighted by Gasteiger charge is -2.08. The number of hydrogen-bond donors (Lipinski definition) is 1. The number of benzene rings is 2. The standard InChI is InChI=1S/C19H21NO3/c1-14-8-9-17(15(2)12-14)10-11-18(20-22)19(21)23-13-16-6-4-3-5-7-16/h3-9,12,22H,10-11,13H2,1-2H3. The first-order chi connectivity index (χ1) is 11.1. The van der Waals surface area contributed by atoms with Crippen molar-refractivity contribution in [2.24, 2.45) is 5.16 Å². The summed E-state index contributed by atoms with van der Waals surface area (Å²) in [7, 11) is 0. The van der Waals surface area contributed by atoms with Crippen LogP contribution in [-0.2, 0) is 22.6 Å². The minimum absolute atomic E-state index is 0.0425. The summed E-state index contributed by atoms with van der Waals surface area (Å²) in [6.45, 7) is 4.24. The second kappa shape index (κ2) is 8.13. The van der Waals surface area contributed by atoms with Crippen LogP contribution in [0.1, 0.15) is 28.7 Å². The summed E-state index contributed by atoms with van der Waals surface area (Å²) >= 11 is 0. The molecule has 2 aromatic rings. The maximum atomic E-state index is 12.0. The van der Waals surface area contributed by atoms with Crippen LogP contribution in [0.25, 0.3) is 0 Å². The summed E-state index contributed by atoms with van der Waals surface area (Å²) in [5.41, 5.74) is 4.44. The van der Waals surface area contributed by atoms with Gasteiger partial charge in [-0.25, -0.2) is 4.79 Å². The fourth-order valence-corrected chi connectivity index (χ4v) is 2.38. The third kappa shape index (κ3) is 4.95. The summed E-state index contributed by atoms with van der Waals surface area (Å²) in [4.78, 5) is 12.0. The molecule has 23 heavy (non-hydrogen) atoms. The molecule has 0 radical (unpaired) electrons. The quantitative estimate of drug-likeness (QED) is 0.382. The maximum absolute atomic E-state index is 12.0. The Bertz CT molecular complexity index is 693. The highest BCUT2D eigenvalue weighted by Gasteiger charge is 2.14. The molecule has 120 valence electrons. The number of hydrogen-bond acceptors (Lipinski definition) is 4. The Balaban J connectivity index is 1.90. The van der Waals surface area contributed by atoms with Crippen molar-refractivity contribution in [3.8, 4) is 0 Å². The number of aryl methyl sites for hydroxylation is 3. The van der Waals surface area contributed by atoms with Gasteiger partial charge in [0.15, 0.2) is 5.71 Å². The van der Waals surface area contributed by atoms with Gasteiger partial charge in [0.1, 0.15) is 6.61 Å². The Morgan fingerprint density at radius 1 is 1.13 bits per heavy atom. The monoisotopic (exact) mass is 311 g/mol. The minimum Gasteiger partial charge on any atom is -0.456 e. The van der Waals surface area contributed by atoms with Crippen LogP contribution in [0.2, 0.25) is 0 Å². The first-order valence-corrected chi connectivity index (χ1v) is 7.58. The van der Waals surface area contributed by atoms with E-state index in [4.69, 9.17) is 9.94 Å². The summed E-state index contributed by atoms with van der Waals surface area (Å²) in [5.74, 6) is -0.582. The SMILES string of the molecule is Cc1ccc(CCC(=NO)C(=O)OCc2ccccc2)c(C)c1. The van der Waals surface area contributed by atoms with E-state index in [2.05, 4.69) is 11.2 Å². The van der Waals surface area contributed by atoms with E-state index in [9.17, 15) is 4.79 Å². The molecular formula is C19H21NO3. The number of carbonyl (C=O) groups excluding carboxylic acids is 1. The van der Waals surface area contributed by atoms with Crippen LogP contribution >= 0.6 is 0 Å². The molecule has 0 aliphatic heterocycles. The zero-order valence-electron chi connectivity index (χ0n) is 13.5. The zero-order chi connectivity index (χ0) is 16.7. The number of esters is 1. The van der Waals surface area contributed by atoms with Crippen LogP contribution in [0, 0.1) is 13.8 Å². The maximum Gasteiger partial charge on any atom is 0.356 e. The lowest BCUT2D eigenvalue weighted by molar-refractivity contribution is -0.137. The Hall–Kier alpha value is -2.62. The molecule has 0 saturated heterocycles. The van der Waals surface area contributed by atoms with Crippen molar-refractivity contribution < 1.29 is 14.7 Å². The first kappa shape index (κ1) is 16.7. The van der Waals surface area contributed by atoms with Crippen molar-refractivity contribution in [2.75, 3.05) is 0 Å². The highest BCUT2D eigenvalue weighted by atomic mass is 16.5. The number of carbonyl (C=O) groups is 1. The minimum atomic E-state index is -0.582. The molecule has 1 N–H and O–H groups in total. The van der Waals surface area contributed by atoms with Gasteiger partial charge in [-0.05, 0) is 37.0 Å². The summed E-state index contributed by atoms with van der Waals surface area (Å²) in [5, 5.41) is 12.2. The van der Waals surface area contributed by atoms with Gasteiger partial charge in [0, 0.05) is 6.42 Å². The van der Waals surface area contributed by atoms with Crippen molar-refractivity contribution >= 4 is 11.7 Å². The van der Waals surface area contributed by atoms with Gasteiger partial charge in [0.05, 0.1) is 0 Å². The molecule has 0 aromatic heterocycles. The van der Waals surface area contributed by atoms with Crippen LogP contribution in [0.15, 0.2) is 53.7 Å². The molecule has 2 aromatic carbocycles. The van der Waals surface area contributed by atoms with E-state index in [1.165, 1.54) is 11.1 Å². The van der Waals surface area contributed by atoms with Gasteiger partial charge in [-0.2, -0.15) is 0 Å². The number of rotatable bonds is 6. The molecule has 0 aliphatic carbocycles. The highest BCUT2D eigenvalue weighted by Crippen LogP contribution is 2.13.